The van der Waals surface area contributed by atoms with Crippen molar-refractivity contribution in [2.24, 2.45) is 5.92 Å². The van der Waals surface area contributed by atoms with Crippen LogP contribution in [-0.2, 0) is 4.79 Å². The van der Waals surface area contributed by atoms with E-state index in [9.17, 15) is 19.1 Å². The normalized spacial score (nSPS) is 12.2. The van der Waals surface area contributed by atoms with Crippen molar-refractivity contribution in [1.82, 2.24) is 15.1 Å². The van der Waals surface area contributed by atoms with Gasteiger partial charge in [-0.2, -0.15) is 5.10 Å². The fraction of sp³-hybridized carbons (Fsp3) is 0.389. The van der Waals surface area contributed by atoms with Gasteiger partial charge in [-0.15, -0.1) is 0 Å². The van der Waals surface area contributed by atoms with Crippen LogP contribution in [0.3, 0.4) is 0 Å². The van der Waals surface area contributed by atoms with E-state index in [0.717, 1.165) is 17.5 Å². The predicted octanol–water partition coefficient (Wildman–Crippen LogP) is 2.86. The lowest BCUT2D eigenvalue weighted by Gasteiger charge is -2.16. The van der Waals surface area contributed by atoms with Gasteiger partial charge in [0.2, 0.25) is 0 Å². The first-order chi connectivity index (χ1) is 11.7. The average molecular weight is 347 g/mol. The highest BCUT2D eigenvalue weighted by atomic mass is 19.1. The molecule has 2 N–H and O–H groups in total. The molecule has 0 aliphatic carbocycles. The van der Waals surface area contributed by atoms with Gasteiger partial charge in [-0.3, -0.25) is 4.79 Å². The van der Waals surface area contributed by atoms with E-state index in [1.165, 1.54) is 16.8 Å². The van der Waals surface area contributed by atoms with Gasteiger partial charge < -0.3 is 10.4 Å². The van der Waals surface area contributed by atoms with Crippen LogP contribution < -0.4 is 5.32 Å². The number of amides is 1. The van der Waals surface area contributed by atoms with Crippen LogP contribution in [-0.4, -0.2) is 32.8 Å². The number of aryl methyl sites for hydroxylation is 2. The Hall–Kier alpha value is -2.70. The lowest BCUT2D eigenvalue weighted by Crippen LogP contribution is -2.41. The first-order valence-corrected chi connectivity index (χ1v) is 8.06. The number of hydrogen-bond donors (Lipinski definition) is 2. The highest BCUT2D eigenvalue weighted by molar-refractivity contribution is 5.96. The van der Waals surface area contributed by atoms with Crippen LogP contribution in [0.4, 0.5) is 4.39 Å². The molecule has 0 saturated carbocycles. The largest absolute Gasteiger partial charge is 0.480 e. The highest BCUT2D eigenvalue weighted by Gasteiger charge is 2.22. The second kappa shape index (κ2) is 7.46. The van der Waals surface area contributed by atoms with Gasteiger partial charge in [-0.05, 0) is 50.5 Å². The molecule has 1 aromatic carbocycles. The third-order valence-corrected chi connectivity index (χ3v) is 3.76. The first kappa shape index (κ1) is 18.6. The van der Waals surface area contributed by atoms with Crippen molar-refractivity contribution in [2.75, 3.05) is 0 Å². The lowest BCUT2D eigenvalue weighted by molar-refractivity contribution is -0.139. The van der Waals surface area contributed by atoms with Crippen LogP contribution in [0.5, 0.6) is 0 Å². The molecule has 0 aliphatic rings. The molecule has 1 aromatic heterocycles. The Bertz CT molecular complexity index is 799. The molecule has 0 spiro atoms. The average Bonchev–Trinajstić information content (AvgIpc) is 2.84. The lowest BCUT2D eigenvalue weighted by atomic mass is 10.0. The third kappa shape index (κ3) is 4.43. The van der Waals surface area contributed by atoms with E-state index >= 15 is 0 Å². The van der Waals surface area contributed by atoms with Gasteiger partial charge in [0.1, 0.15) is 17.5 Å². The van der Waals surface area contributed by atoms with Gasteiger partial charge in [0.15, 0.2) is 0 Å². The summed E-state index contributed by atoms with van der Waals surface area (Å²) in [5.41, 5.74) is 1.84. The number of hydrogen-bond acceptors (Lipinski definition) is 3. The van der Waals surface area contributed by atoms with Crippen molar-refractivity contribution < 1.29 is 19.1 Å². The molecule has 6 nitrogen and oxygen atoms in total. The van der Waals surface area contributed by atoms with E-state index in [4.69, 9.17) is 0 Å². The molecule has 0 fully saturated rings. The predicted molar refractivity (Wildman–Crippen MR) is 91.3 cm³/mol. The summed E-state index contributed by atoms with van der Waals surface area (Å²) >= 11 is 0. The van der Waals surface area contributed by atoms with Crippen molar-refractivity contribution in [3.05, 3.63) is 47.0 Å². The summed E-state index contributed by atoms with van der Waals surface area (Å²) in [6.07, 6.45) is 0.299. The zero-order valence-corrected chi connectivity index (χ0v) is 14.7. The minimum Gasteiger partial charge on any atom is -0.480 e. The topological polar surface area (TPSA) is 84.2 Å². The van der Waals surface area contributed by atoms with Crippen LogP contribution in [0.2, 0.25) is 0 Å². The van der Waals surface area contributed by atoms with E-state index in [2.05, 4.69) is 10.4 Å². The van der Waals surface area contributed by atoms with Crippen molar-refractivity contribution in [1.29, 1.82) is 0 Å². The van der Waals surface area contributed by atoms with Crippen LogP contribution in [0.25, 0.3) is 5.69 Å². The smallest absolute Gasteiger partial charge is 0.326 e. The molecule has 1 heterocycles. The van der Waals surface area contributed by atoms with E-state index in [1.54, 1.807) is 0 Å². The molecular formula is C18H22FN3O3. The number of carbonyl (C=O) groups excluding carboxylic acids is 1. The number of rotatable bonds is 6. The van der Waals surface area contributed by atoms with Gasteiger partial charge in [0, 0.05) is 11.3 Å². The van der Waals surface area contributed by atoms with Gasteiger partial charge in [0.25, 0.3) is 5.91 Å². The molecule has 134 valence electrons. The number of carbonyl (C=O) groups is 2. The number of halogens is 1. The van der Waals surface area contributed by atoms with Crippen molar-refractivity contribution in [3.63, 3.8) is 0 Å². The summed E-state index contributed by atoms with van der Waals surface area (Å²) in [5.74, 6) is -2.23. The Morgan fingerprint density at radius 1 is 1.28 bits per heavy atom. The number of nitrogens with zero attached hydrogens (tertiary/aromatic N) is 2. The summed E-state index contributed by atoms with van der Waals surface area (Å²) in [6, 6.07) is 4.82. The second-order valence-corrected chi connectivity index (χ2v) is 6.50. The summed E-state index contributed by atoms with van der Waals surface area (Å²) in [7, 11) is 0. The van der Waals surface area contributed by atoms with E-state index in [-0.39, 0.29) is 17.2 Å². The maximum Gasteiger partial charge on any atom is 0.326 e. The minimum absolute atomic E-state index is 0.0674. The SMILES string of the molecule is Cc1cc(C)n(-c2ccc(C(=O)N[C@H](CC(C)C)C(=O)O)cc2F)n1. The van der Waals surface area contributed by atoms with E-state index < -0.39 is 23.7 Å². The number of benzene rings is 1. The van der Waals surface area contributed by atoms with E-state index in [0.29, 0.717) is 6.42 Å². The summed E-state index contributed by atoms with van der Waals surface area (Å²) in [4.78, 5) is 23.5. The van der Waals surface area contributed by atoms with E-state index in [1.807, 2.05) is 33.8 Å². The fourth-order valence-corrected chi connectivity index (χ4v) is 2.63. The van der Waals surface area contributed by atoms with Crippen LogP contribution in [0.1, 0.15) is 42.0 Å². The second-order valence-electron chi connectivity index (χ2n) is 6.50. The van der Waals surface area contributed by atoms with Gasteiger partial charge >= 0.3 is 5.97 Å². The molecule has 0 aliphatic heterocycles. The summed E-state index contributed by atoms with van der Waals surface area (Å²) < 4.78 is 15.9. The zero-order chi connectivity index (χ0) is 18.7. The molecular weight excluding hydrogens is 325 g/mol. The minimum atomic E-state index is -1.11. The number of nitrogens with one attached hydrogen (secondary N) is 1. The Kier molecular flexibility index (Phi) is 5.56. The molecule has 25 heavy (non-hydrogen) atoms. The molecule has 0 unspecified atom stereocenters. The highest BCUT2D eigenvalue weighted by Crippen LogP contribution is 2.18. The van der Waals surface area contributed by atoms with Crippen LogP contribution in [0.15, 0.2) is 24.3 Å². The fourth-order valence-electron chi connectivity index (χ4n) is 2.63. The molecule has 1 amide bonds. The third-order valence-electron chi connectivity index (χ3n) is 3.76. The van der Waals surface area contributed by atoms with Crippen LogP contribution in [0, 0.1) is 25.6 Å². The van der Waals surface area contributed by atoms with Crippen LogP contribution >= 0.6 is 0 Å². The van der Waals surface area contributed by atoms with Gasteiger partial charge in [0.05, 0.1) is 5.69 Å². The number of aliphatic carboxylic acids is 1. The maximum atomic E-state index is 14.4. The van der Waals surface area contributed by atoms with Crippen molar-refractivity contribution in [2.45, 2.75) is 40.2 Å². The Labute approximate surface area is 145 Å². The van der Waals surface area contributed by atoms with Crippen molar-refractivity contribution >= 4 is 11.9 Å². The Balaban J connectivity index is 2.23. The summed E-state index contributed by atoms with van der Waals surface area (Å²) in [5, 5.41) is 15.9. The molecule has 0 radical (unpaired) electrons. The monoisotopic (exact) mass is 347 g/mol. The summed E-state index contributed by atoms with van der Waals surface area (Å²) in [6.45, 7) is 7.35. The Morgan fingerprint density at radius 3 is 2.44 bits per heavy atom. The number of carboxylic acid groups (broad SMARTS) is 1. The molecule has 2 rings (SSSR count). The number of carboxylic acids is 1. The maximum absolute atomic E-state index is 14.4. The zero-order valence-electron chi connectivity index (χ0n) is 14.7. The van der Waals surface area contributed by atoms with Gasteiger partial charge in [-0.25, -0.2) is 13.9 Å². The first-order valence-electron chi connectivity index (χ1n) is 8.06. The van der Waals surface area contributed by atoms with Crippen molar-refractivity contribution in [3.8, 4) is 5.69 Å². The van der Waals surface area contributed by atoms with Gasteiger partial charge in [-0.1, -0.05) is 13.8 Å². The standard InChI is InChI=1S/C18H22FN3O3/c1-10(2)7-15(18(24)25)20-17(23)13-5-6-16(14(19)9-13)22-12(4)8-11(3)21-22/h5-6,8-10,15H,7H2,1-4H3,(H,20,23)(H,24,25)/t15-/m1/s1. The Morgan fingerprint density at radius 2 is 1.96 bits per heavy atom. The molecule has 0 bridgehead atoms. The molecule has 2 aromatic rings. The quantitative estimate of drug-likeness (QED) is 0.841. The number of aromatic nitrogens is 2. The molecule has 1 atom stereocenters. The molecule has 7 heteroatoms. The molecule has 0 saturated heterocycles.